The number of nitrogens with zero attached hydrogens (tertiary/aromatic N) is 3. The molecule has 0 aromatic heterocycles. The van der Waals surface area contributed by atoms with Crippen molar-refractivity contribution in [2.75, 3.05) is 19.6 Å². The van der Waals surface area contributed by atoms with Gasteiger partial charge in [0, 0.05) is 31.6 Å². The normalized spacial score (nSPS) is 26.7. The van der Waals surface area contributed by atoms with E-state index in [2.05, 4.69) is 20.3 Å². The maximum absolute atomic E-state index is 4.10. The van der Waals surface area contributed by atoms with Crippen molar-refractivity contribution in [3.8, 4) is 0 Å². The highest BCUT2D eigenvalue weighted by Gasteiger charge is 2.32. The van der Waals surface area contributed by atoms with Crippen molar-refractivity contribution in [2.24, 2.45) is 4.40 Å². The van der Waals surface area contributed by atoms with E-state index in [0.29, 0.717) is 0 Å². The van der Waals surface area contributed by atoms with E-state index in [1.807, 2.05) is 11.3 Å². The number of fused-ring (bicyclic) bond motifs is 2. The lowest BCUT2D eigenvalue weighted by Gasteiger charge is -2.26. The zero-order valence-corrected chi connectivity index (χ0v) is 7.27. The van der Waals surface area contributed by atoms with Gasteiger partial charge < -0.3 is 5.32 Å². The Balaban J connectivity index is 1.96. The molecule has 0 saturated carbocycles. The molecule has 0 spiro atoms. The minimum atomic E-state index is 0.940. The van der Waals surface area contributed by atoms with Gasteiger partial charge in [-0.25, -0.2) is 5.01 Å². The van der Waals surface area contributed by atoms with Gasteiger partial charge in [0.2, 0.25) is 0 Å². The van der Waals surface area contributed by atoms with Gasteiger partial charge in [-0.2, -0.15) is 4.40 Å². The lowest BCUT2D eigenvalue weighted by atomic mass is 10.3. The van der Waals surface area contributed by atoms with Crippen LogP contribution < -0.4 is 10.9 Å². The molecule has 0 aromatic carbocycles. The van der Waals surface area contributed by atoms with Gasteiger partial charge in [0.05, 0.1) is 5.70 Å². The molecular formula is C6H9N5S. The Kier molecular flexibility index (Phi) is 1.34. The molecule has 0 bridgehead atoms. The maximum Gasteiger partial charge on any atom is 0.138 e. The molecular weight excluding hydrogens is 174 g/mol. The molecule has 6 heteroatoms. The molecule has 3 heterocycles. The van der Waals surface area contributed by atoms with E-state index in [1.165, 1.54) is 22.7 Å². The van der Waals surface area contributed by atoms with Gasteiger partial charge in [-0.15, -0.1) is 5.53 Å². The Morgan fingerprint density at radius 1 is 1.58 bits per heavy atom. The summed E-state index contributed by atoms with van der Waals surface area (Å²) in [6.07, 6.45) is 1.81. The van der Waals surface area contributed by atoms with Crippen LogP contribution in [0.1, 0.15) is 0 Å². The predicted octanol–water partition coefficient (Wildman–Crippen LogP) is -0.514. The number of nitrogens with one attached hydrogen (secondary N) is 2. The highest BCUT2D eigenvalue weighted by atomic mass is 32.2. The largest absolute Gasteiger partial charge is 0.309 e. The zero-order valence-electron chi connectivity index (χ0n) is 6.45. The average Bonchev–Trinajstić information content (AvgIpc) is 2.62. The number of rotatable bonds is 0. The van der Waals surface area contributed by atoms with Crippen LogP contribution in [0.2, 0.25) is 0 Å². The summed E-state index contributed by atoms with van der Waals surface area (Å²) in [6, 6.07) is 0. The topological polar surface area (TPSA) is 42.9 Å². The van der Waals surface area contributed by atoms with Gasteiger partial charge in [0.15, 0.2) is 0 Å². The smallest absolute Gasteiger partial charge is 0.138 e. The first-order valence-electron chi connectivity index (χ1n) is 3.92. The summed E-state index contributed by atoms with van der Waals surface area (Å²) in [5, 5.41) is 8.68. The van der Waals surface area contributed by atoms with Crippen LogP contribution in [0.3, 0.4) is 0 Å². The molecule has 1 saturated heterocycles. The molecule has 3 aliphatic heterocycles. The Labute approximate surface area is 74.6 Å². The summed E-state index contributed by atoms with van der Waals surface area (Å²) in [5.41, 5.74) is 4.55. The minimum absolute atomic E-state index is 0.940. The van der Waals surface area contributed by atoms with Gasteiger partial charge in [-0.3, -0.25) is 5.01 Å². The van der Waals surface area contributed by atoms with Crippen molar-refractivity contribution in [3.05, 3.63) is 10.7 Å². The Morgan fingerprint density at radius 2 is 2.58 bits per heavy atom. The average molecular weight is 183 g/mol. The van der Waals surface area contributed by atoms with E-state index in [1.54, 1.807) is 0 Å². The molecule has 0 radical (unpaired) electrons. The molecule has 5 nitrogen and oxygen atoms in total. The first-order valence-corrected chi connectivity index (χ1v) is 4.70. The SMILES string of the molecule is C1=NSC2=C3CNCCN3NN12. The second-order valence-electron chi connectivity index (χ2n) is 2.86. The van der Waals surface area contributed by atoms with Crippen LogP contribution in [0.5, 0.6) is 0 Å². The first-order chi connectivity index (χ1) is 5.95. The van der Waals surface area contributed by atoms with Crippen molar-refractivity contribution in [2.45, 2.75) is 0 Å². The zero-order chi connectivity index (χ0) is 7.97. The summed E-state index contributed by atoms with van der Waals surface area (Å²) in [7, 11) is 0. The van der Waals surface area contributed by atoms with Gasteiger partial charge in [0.25, 0.3) is 0 Å². The van der Waals surface area contributed by atoms with Crippen molar-refractivity contribution in [1.29, 1.82) is 0 Å². The Hall–Kier alpha value is -0.720. The quantitative estimate of drug-likeness (QED) is 0.495. The fourth-order valence-electron chi connectivity index (χ4n) is 1.54. The summed E-state index contributed by atoms with van der Waals surface area (Å²) >= 11 is 1.53. The second kappa shape index (κ2) is 2.38. The molecule has 0 amide bonds. The molecule has 1 fully saturated rings. The van der Waals surface area contributed by atoms with Gasteiger partial charge in [-0.05, 0) is 0 Å². The van der Waals surface area contributed by atoms with Crippen LogP contribution >= 0.6 is 11.9 Å². The highest BCUT2D eigenvalue weighted by Crippen LogP contribution is 2.33. The van der Waals surface area contributed by atoms with Crippen LogP contribution in [0.25, 0.3) is 0 Å². The first kappa shape index (κ1) is 6.76. The second-order valence-corrected chi connectivity index (χ2v) is 3.64. The highest BCUT2D eigenvalue weighted by molar-refractivity contribution is 8.02. The van der Waals surface area contributed by atoms with Crippen LogP contribution in [0.15, 0.2) is 15.1 Å². The van der Waals surface area contributed by atoms with E-state index in [4.69, 9.17) is 0 Å². The van der Waals surface area contributed by atoms with Crippen molar-refractivity contribution in [3.63, 3.8) is 0 Å². The fourth-order valence-corrected chi connectivity index (χ4v) is 2.24. The molecule has 12 heavy (non-hydrogen) atoms. The van der Waals surface area contributed by atoms with Crippen molar-refractivity contribution in [1.82, 2.24) is 20.9 Å². The number of hydrazine groups is 2. The van der Waals surface area contributed by atoms with Crippen molar-refractivity contribution < 1.29 is 0 Å². The molecule has 64 valence electrons. The summed E-state index contributed by atoms with van der Waals surface area (Å²) in [6.45, 7) is 3.00. The molecule has 3 rings (SSSR count). The Bertz CT molecular complexity index is 273. The van der Waals surface area contributed by atoms with E-state index >= 15 is 0 Å². The lowest BCUT2D eigenvalue weighted by molar-refractivity contribution is 0.170. The van der Waals surface area contributed by atoms with Crippen LogP contribution in [0, 0.1) is 0 Å². The third kappa shape index (κ3) is 0.796. The third-order valence-electron chi connectivity index (χ3n) is 2.13. The molecule has 0 aliphatic carbocycles. The fraction of sp³-hybridized carbons (Fsp3) is 0.500. The van der Waals surface area contributed by atoms with Gasteiger partial charge >= 0.3 is 0 Å². The molecule has 3 aliphatic rings. The number of hydrogen-bond acceptors (Lipinski definition) is 6. The monoisotopic (exact) mass is 183 g/mol. The summed E-state index contributed by atoms with van der Waals surface area (Å²) in [4.78, 5) is 0. The lowest BCUT2D eigenvalue weighted by Crippen LogP contribution is -2.47. The minimum Gasteiger partial charge on any atom is -0.309 e. The standard InChI is InChI=1S/C6H9N5S/c1-2-10-5(3-7-1)6-11(9-10)4-8-12-6/h4,7,9H,1-3H2. The molecule has 2 N–H and O–H groups in total. The van der Waals surface area contributed by atoms with Gasteiger partial charge in [0.1, 0.15) is 11.4 Å². The summed E-state index contributed by atoms with van der Waals surface area (Å²) < 4.78 is 4.10. The van der Waals surface area contributed by atoms with E-state index in [-0.39, 0.29) is 0 Å². The Morgan fingerprint density at radius 3 is 3.58 bits per heavy atom. The predicted molar refractivity (Wildman–Crippen MR) is 47.7 cm³/mol. The number of hydrogen-bond donors (Lipinski definition) is 2. The maximum atomic E-state index is 4.10. The van der Waals surface area contributed by atoms with Crippen LogP contribution in [-0.2, 0) is 0 Å². The van der Waals surface area contributed by atoms with E-state index in [0.717, 1.165) is 19.6 Å². The van der Waals surface area contributed by atoms with Crippen LogP contribution in [-0.4, -0.2) is 36.0 Å². The van der Waals surface area contributed by atoms with Gasteiger partial charge in [-0.1, -0.05) is 0 Å². The third-order valence-corrected chi connectivity index (χ3v) is 2.93. The molecule has 0 atom stereocenters. The van der Waals surface area contributed by atoms with E-state index < -0.39 is 0 Å². The number of piperazine rings is 1. The molecule has 0 unspecified atom stereocenters. The van der Waals surface area contributed by atoms with Crippen molar-refractivity contribution >= 4 is 18.3 Å². The molecule has 0 aromatic rings. The summed E-state index contributed by atoms with van der Waals surface area (Å²) in [5.74, 6) is 0. The van der Waals surface area contributed by atoms with Crippen LogP contribution in [0.4, 0.5) is 0 Å². The van der Waals surface area contributed by atoms with E-state index in [9.17, 15) is 0 Å².